The van der Waals surface area contributed by atoms with Gasteiger partial charge in [0.05, 0.1) is 10.6 Å². The molecule has 1 aliphatic heterocycles. The van der Waals surface area contributed by atoms with Gasteiger partial charge in [0.25, 0.3) is 5.69 Å². The van der Waals surface area contributed by atoms with Crippen LogP contribution in [0.3, 0.4) is 0 Å². The quantitative estimate of drug-likeness (QED) is 0.521. The van der Waals surface area contributed by atoms with Crippen molar-refractivity contribution in [3.63, 3.8) is 0 Å². The van der Waals surface area contributed by atoms with Crippen molar-refractivity contribution in [1.82, 2.24) is 0 Å². The molecule has 0 N–H and O–H groups in total. The molecule has 0 aliphatic carbocycles. The molecule has 1 aliphatic rings. The maximum absolute atomic E-state index is 10.6. The van der Waals surface area contributed by atoms with E-state index in [2.05, 4.69) is 13.0 Å². The number of nitro groups is 1. The number of nitrogens with zero attached hydrogens (tertiary/aromatic N) is 2. The van der Waals surface area contributed by atoms with Gasteiger partial charge in [0.2, 0.25) is 0 Å². The summed E-state index contributed by atoms with van der Waals surface area (Å²) in [5.41, 5.74) is 3.38. The zero-order valence-corrected chi connectivity index (χ0v) is 8.73. The highest BCUT2D eigenvalue weighted by atomic mass is 16.6. The molecule has 15 heavy (non-hydrogen) atoms. The fourth-order valence-corrected chi connectivity index (χ4v) is 1.87. The summed E-state index contributed by atoms with van der Waals surface area (Å²) in [7, 11) is 1.94. The van der Waals surface area contributed by atoms with Crippen molar-refractivity contribution >= 4 is 17.5 Å². The topological polar surface area (TPSA) is 46.4 Å². The largest absolute Gasteiger partial charge is 0.370 e. The molecule has 1 heterocycles. The summed E-state index contributed by atoms with van der Waals surface area (Å²) in [6.45, 7) is 2.88. The van der Waals surface area contributed by atoms with Crippen molar-refractivity contribution in [2.24, 2.45) is 0 Å². The van der Waals surface area contributed by atoms with Gasteiger partial charge in [0.15, 0.2) is 0 Å². The Labute approximate surface area is 88.0 Å². The van der Waals surface area contributed by atoms with Crippen LogP contribution in [0.4, 0.5) is 11.4 Å². The standard InChI is InChI=1S/C11H12N2O2/c1-8-5-9-3-4-10(13(14)15)6-11(9)12(2)7-8/h3-6H,7H2,1-2H3. The van der Waals surface area contributed by atoms with Crippen molar-refractivity contribution in [1.29, 1.82) is 0 Å². The molecular formula is C11H12N2O2. The summed E-state index contributed by atoms with van der Waals surface area (Å²) in [6, 6.07) is 4.96. The Morgan fingerprint density at radius 3 is 2.87 bits per heavy atom. The number of fused-ring (bicyclic) bond motifs is 1. The number of likely N-dealkylation sites (N-methyl/N-ethyl adjacent to an activating group) is 1. The first-order valence-corrected chi connectivity index (χ1v) is 4.74. The van der Waals surface area contributed by atoms with E-state index in [9.17, 15) is 10.1 Å². The van der Waals surface area contributed by atoms with Crippen LogP contribution in [0.5, 0.6) is 0 Å². The van der Waals surface area contributed by atoms with Crippen molar-refractivity contribution in [3.05, 3.63) is 39.4 Å². The van der Waals surface area contributed by atoms with Gasteiger partial charge in [0.1, 0.15) is 0 Å². The Morgan fingerprint density at radius 1 is 1.47 bits per heavy atom. The van der Waals surface area contributed by atoms with Crippen LogP contribution in [0.25, 0.3) is 6.08 Å². The fraction of sp³-hybridized carbons (Fsp3) is 0.273. The molecule has 0 radical (unpaired) electrons. The lowest BCUT2D eigenvalue weighted by molar-refractivity contribution is -0.384. The Kier molecular flexibility index (Phi) is 2.19. The summed E-state index contributed by atoms with van der Waals surface area (Å²) in [5, 5.41) is 10.6. The molecule has 0 amide bonds. The summed E-state index contributed by atoms with van der Waals surface area (Å²) >= 11 is 0. The van der Waals surface area contributed by atoms with Crippen LogP contribution >= 0.6 is 0 Å². The summed E-state index contributed by atoms with van der Waals surface area (Å²) in [6.07, 6.45) is 2.07. The predicted molar refractivity (Wildman–Crippen MR) is 60.0 cm³/mol. The van der Waals surface area contributed by atoms with Gasteiger partial charge < -0.3 is 4.90 Å². The Bertz CT molecular complexity index is 452. The number of nitro benzene ring substituents is 1. The zero-order valence-electron chi connectivity index (χ0n) is 8.73. The van der Waals surface area contributed by atoms with Crippen molar-refractivity contribution < 1.29 is 4.92 Å². The average molecular weight is 204 g/mol. The van der Waals surface area contributed by atoms with Gasteiger partial charge in [-0.15, -0.1) is 0 Å². The van der Waals surface area contributed by atoms with Crippen molar-refractivity contribution in [3.8, 4) is 0 Å². The van der Waals surface area contributed by atoms with Crippen LogP contribution in [0.1, 0.15) is 12.5 Å². The second kappa shape index (κ2) is 3.38. The monoisotopic (exact) mass is 204 g/mol. The summed E-state index contributed by atoms with van der Waals surface area (Å²) in [4.78, 5) is 12.3. The SMILES string of the molecule is CC1=Cc2ccc([N+](=O)[O-])cc2N(C)C1. The summed E-state index contributed by atoms with van der Waals surface area (Å²) in [5.74, 6) is 0. The third-order valence-electron chi connectivity index (χ3n) is 2.52. The van der Waals surface area contributed by atoms with E-state index in [1.54, 1.807) is 18.2 Å². The number of benzene rings is 1. The van der Waals surface area contributed by atoms with E-state index in [4.69, 9.17) is 0 Å². The molecule has 0 spiro atoms. The molecule has 0 aromatic heterocycles. The Balaban J connectivity index is 2.53. The highest BCUT2D eigenvalue weighted by Gasteiger charge is 2.16. The van der Waals surface area contributed by atoms with E-state index in [0.29, 0.717) is 0 Å². The van der Waals surface area contributed by atoms with Gasteiger partial charge in [-0.2, -0.15) is 0 Å². The molecular weight excluding hydrogens is 192 g/mol. The molecule has 0 atom stereocenters. The number of anilines is 1. The lowest BCUT2D eigenvalue weighted by atomic mass is 10.0. The minimum atomic E-state index is -0.362. The molecule has 0 fully saturated rings. The van der Waals surface area contributed by atoms with Gasteiger partial charge >= 0.3 is 0 Å². The maximum atomic E-state index is 10.6. The van der Waals surface area contributed by atoms with E-state index >= 15 is 0 Å². The molecule has 0 saturated heterocycles. The predicted octanol–water partition coefficient (Wildman–Crippen LogP) is 2.45. The molecule has 2 rings (SSSR count). The molecule has 0 bridgehead atoms. The molecule has 4 heteroatoms. The first-order valence-electron chi connectivity index (χ1n) is 4.74. The number of hydrogen-bond acceptors (Lipinski definition) is 3. The normalized spacial score (nSPS) is 14.5. The lowest BCUT2D eigenvalue weighted by Crippen LogP contribution is -2.23. The smallest absolute Gasteiger partial charge is 0.271 e. The first kappa shape index (κ1) is 9.71. The minimum absolute atomic E-state index is 0.147. The number of hydrogen-bond donors (Lipinski definition) is 0. The average Bonchev–Trinajstić information content (AvgIpc) is 2.16. The molecule has 1 aromatic carbocycles. The molecule has 78 valence electrons. The molecule has 0 saturated carbocycles. The summed E-state index contributed by atoms with van der Waals surface area (Å²) < 4.78 is 0. The highest BCUT2D eigenvalue weighted by Crippen LogP contribution is 2.30. The van der Waals surface area contributed by atoms with Gasteiger partial charge in [-0.05, 0) is 18.6 Å². The lowest BCUT2D eigenvalue weighted by Gasteiger charge is -2.26. The van der Waals surface area contributed by atoms with Crippen molar-refractivity contribution in [2.75, 3.05) is 18.5 Å². The van der Waals surface area contributed by atoms with Gasteiger partial charge in [-0.25, -0.2) is 0 Å². The molecule has 4 nitrogen and oxygen atoms in total. The third kappa shape index (κ3) is 1.70. The van der Waals surface area contributed by atoms with E-state index in [1.165, 1.54) is 5.57 Å². The van der Waals surface area contributed by atoms with Gasteiger partial charge in [0, 0.05) is 25.7 Å². The van der Waals surface area contributed by atoms with Crippen LogP contribution < -0.4 is 4.90 Å². The van der Waals surface area contributed by atoms with Crippen LogP contribution in [0.15, 0.2) is 23.8 Å². The second-order valence-corrected chi connectivity index (χ2v) is 3.85. The molecule has 0 unspecified atom stereocenters. The Hall–Kier alpha value is -1.84. The molecule has 1 aromatic rings. The zero-order chi connectivity index (χ0) is 11.0. The second-order valence-electron chi connectivity index (χ2n) is 3.85. The van der Waals surface area contributed by atoms with Gasteiger partial charge in [-0.3, -0.25) is 10.1 Å². The first-order chi connectivity index (χ1) is 7.08. The Morgan fingerprint density at radius 2 is 2.20 bits per heavy atom. The van der Waals surface area contributed by atoms with E-state index in [1.807, 2.05) is 11.9 Å². The number of rotatable bonds is 1. The van der Waals surface area contributed by atoms with Crippen LogP contribution in [0, 0.1) is 10.1 Å². The number of non-ortho nitro benzene ring substituents is 1. The third-order valence-corrected chi connectivity index (χ3v) is 2.52. The minimum Gasteiger partial charge on any atom is -0.370 e. The van der Waals surface area contributed by atoms with Crippen molar-refractivity contribution in [2.45, 2.75) is 6.92 Å². The van der Waals surface area contributed by atoms with Gasteiger partial charge in [-0.1, -0.05) is 11.6 Å². The van der Waals surface area contributed by atoms with Crippen LogP contribution in [-0.2, 0) is 0 Å². The van der Waals surface area contributed by atoms with E-state index < -0.39 is 0 Å². The van der Waals surface area contributed by atoms with Crippen LogP contribution in [-0.4, -0.2) is 18.5 Å². The van der Waals surface area contributed by atoms with Crippen LogP contribution in [0.2, 0.25) is 0 Å². The maximum Gasteiger partial charge on any atom is 0.271 e. The fourth-order valence-electron chi connectivity index (χ4n) is 1.87. The van der Waals surface area contributed by atoms with E-state index in [-0.39, 0.29) is 10.6 Å². The highest BCUT2D eigenvalue weighted by molar-refractivity contribution is 5.74. The van der Waals surface area contributed by atoms with E-state index in [0.717, 1.165) is 17.8 Å².